The Morgan fingerprint density at radius 1 is 1.10 bits per heavy atom. The quantitative estimate of drug-likeness (QED) is 0.573. The molecule has 0 saturated carbocycles. The van der Waals surface area contributed by atoms with Crippen LogP contribution in [0.2, 0.25) is 0 Å². The van der Waals surface area contributed by atoms with Crippen LogP contribution in [-0.2, 0) is 6.42 Å². The number of hydrogen-bond acceptors (Lipinski definition) is 5. The predicted octanol–water partition coefficient (Wildman–Crippen LogP) is 2.00. The Balaban J connectivity index is 1.78. The Morgan fingerprint density at radius 2 is 1.85 bits per heavy atom. The van der Waals surface area contributed by atoms with Crippen LogP contribution >= 0.6 is 0 Å². The number of hydrogen-bond donors (Lipinski definition) is 4. The van der Waals surface area contributed by atoms with Crippen molar-refractivity contribution in [3.8, 4) is 22.6 Å². The van der Waals surface area contributed by atoms with Gasteiger partial charge in [-0.25, -0.2) is 4.99 Å². The Labute approximate surface area is 115 Å². The molecule has 3 aliphatic rings. The van der Waals surface area contributed by atoms with Crippen LogP contribution in [-0.4, -0.2) is 22.8 Å². The molecular weight excluding hydrogens is 254 g/mol. The molecule has 0 atom stereocenters. The highest BCUT2D eigenvalue weighted by Crippen LogP contribution is 2.42. The minimum absolute atomic E-state index is 0.201. The average molecular weight is 267 g/mol. The standard InChI is InChI=1S/C15H13N3O2/c19-11-1-2-12(13(6-11)18-15-16-7-17-15)8-3-9-5-10(4-8)14(9)20/h1-4,6,19-20H,5,7H2,(H2,16,17,18). The van der Waals surface area contributed by atoms with Crippen molar-refractivity contribution in [2.24, 2.45) is 4.99 Å². The van der Waals surface area contributed by atoms with Crippen molar-refractivity contribution in [1.29, 1.82) is 0 Å². The number of anilines is 1. The van der Waals surface area contributed by atoms with Crippen molar-refractivity contribution in [2.45, 2.75) is 6.42 Å². The van der Waals surface area contributed by atoms with Crippen molar-refractivity contribution in [2.75, 3.05) is 12.0 Å². The molecule has 0 aromatic heterocycles. The van der Waals surface area contributed by atoms with Crippen molar-refractivity contribution < 1.29 is 10.2 Å². The zero-order valence-electron chi connectivity index (χ0n) is 10.6. The van der Waals surface area contributed by atoms with Crippen LogP contribution in [0.4, 0.5) is 5.69 Å². The number of nitrogens with one attached hydrogen (secondary N) is 2. The highest BCUT2D eigenvalue weighted by Gasteiger charge is 2.22. The minimum atomic E-state index is 0.201. The van der Waals surface area contributed by atoms with E-state index >= 15 is 0 Å². The number of phenolic OH excluding ortho intramolecular Hbond substituents is 2. The van der Waals surface area contributed by atoms with E-state index in [1.54, 1.807) is 12.1 Å². The first-order valence-corrected chi connectivity index (χ1v) is 6.44. The van der Waals surface area contributed by atoms with E-state index in [4.69, 9.17) is 0 Å². The van der Waals surface area contributed by atoms with Gasteiger partial charge in [0, 0.05) is 18.1 Å². The molecular formula is C15H13N3O2. The molecule has 1 aliphatic heterocycles. The van der Waals surface area contributed by atoms with Gasteiger partial charge in [-0.15, -0.1) is 0 Å². The zero-order valence-corrected chi connectivity index (χ0v) is 10.6. The summed E-state index contributed by atoms with van der Waals surface area (Å²) >= 11 is 0. The predicted molar refractivity (Wildman–Crippen MR) is 77.1 cm³/mol. The van der Waals surface area contributed by atoms with E-state index in [0.717, 1.165) is 34.4 Å². The number of guanidine groups is 1. The van der Waals surface area contributed by atoms with Gasteiger partial charge >= 0.3 is 0 Å². The van der Waals surface area contributed by atoms with Crippen molar-refractivity contribution >= 4 is 11.6 Å². The fourth-order valence-electron chi connectivity index (χ4n) is 2.54. The summed E-state index contributed by atoms with van der Waals surface area (Å²) in [6, 6.07) is 9.16. The second kappa shape index (κ2) is 3.90. The van der Waals surface area contributed by atoms with Gasteiger partial charge in [-0.2, -0.15) is 0 Å². The van der Waals surface area contributed by atoms with Crippen LogP contribution < -0.4 is 10.6 Å². The summed E-state index contributed by atoms with van der Waals surface area (Å²) < 4.78 is 0. The normalized spacial score (nSPS) is 14.7. The monoisotopic (exact) mass is 267 g/mol. The van der Waals surface area contributed by atoms with Gasteiger partial charge in [-0.1, -0.05) is 0 Å². The molecule has 5 heteroatoms. The lowest BCUT2D eigenvalue weighted by molar-refractivity contribution is 0.449. The maximum atomic E-state index is 9.68. The first-order chi connectivity index (χ1) is 9.70. The Kier molecular flexibility index (Phi) is 2.18. The molecule has 4 N–H and O–H groups in total. The van der Waals surface area contributed by atoms with E-state index in [0.29, 0.717) is 18.4 Å². The van der Waals surface area contributed by atoms with Gasteiger partial charge in [0.2, 0.25) is 0 Å². The SMILES string of the molecule is Oc1ccc(-c2cc3c(O)c(c2)C3)c(NC2=NCN2)c1. The minimum Gasteiger partial charge on any atom is -0.508 e. The molecule has 0 radical (unpaired) electrons. The molecule has 5 nitrogen and oxygen atoms in total. The molecule has 2 aromatic rings. The maximum absolute atomic E-state index is 9.68. The maximum Gasteiger partial charge on any atom is 0.199 e. The van der Waals surface area contributed by atoms with Crippen molar-refractivity contribution in [1.82, 2.24) is 5.32 Å². The van der Waals surface area contributed by atoms with Gasteiger partial charge in [0.15, 0.2) is 5.96 Å². The van der Waals surface area contributed by atoms with Gasteiger partial charge in [-0.3, -0.25) is 0 Å². The smallest absolute Gasteiger partial charge is 0.199 e. The molecule has 5 rings (SSSR count). The fraction of sp³-hybridized carbons (Fsp3) is 0.133. The Bertz CT molecular complexity index is 730. The van der Waals surface area contributed by atoms with E-state index in [9.17, 15) is 10.2 Å². The highest BCUT2D eigenvalue weighted by atomic mass is 16.3. The molecule has 0 amide bonds. The number of aliphatic imine (C=N–C) groups is 1. The average Bonchev–Trinajstić information content (AvgIpc) is 2.42. The van der Waals surface area contributed by atoms with E-state index < -0.39 is 0 Å². The van der Waals surface area contributed by atoms with E-state index in [1.165, 1.54) is 0 Å². The molecule has 2 aliphatic carbocycles. The number of fused-ring (bicyclic) bond motifs is 2. The van der Waals surface area contributed by atoms with Crippen LogP contribution in [0.1, 0.15) is 11.1 Å². The van der Waals surface area contributed by atoms with E-state index in [-0.39, 0.29) is 5.75 Å². The van der Waals surface area contributed by atoms with Gasteiger partial charge in [0.05, 0.1) is 5.69 Å². The Morgan fingerprint density at radius 3 is 2.45 bits per heavy atom. The molecule has 2 bridgehead atoms. The van der Waals surface area contributed by atoms with E-state index in [2.05, 4.69) is 15.6 Å². The summed E-state index contributed by atoms with van der Waals surface area (Å²) in [5.74, 6) is 1.31. The molecule has 0 saturated heterocycles. The lowest BCUT2D eigenvalue weighted by Gasteiger charge is -2.23. The third-order valence-corrected chi connectivity index (χ3v) is 3.70. The molecule has 0 fully saturated rings. The van der Waals surface area contributed by atoms with Gasteiger partial charge in [-0.05, 0) is 41.0 Å². The van der Waals surface area contributed by atoms with Crippen molar-refractivity contribution in [3.63, 3.8) is 0 Å². The zero-order chi connectivity index (χ0) is 13.7. The second-order valence-corrected chi connectivity index (χ2v) is 5.02. The number of rotatable bonds is 2. The van der Waals surface area contributed by atoms with Gasteiger partial charge in [0.1, 0.15) is 18.2 Å². The van der Waals surface area contributed by atoms with Crippen LogP contribution in [0.5, 0.6) is 11.5 Å². The first-order valence-electron chi connectivity index (χ1n) is 6.44. The number of aromatic hydroxyl groups is 2. The Hall–Kier alpha value is -2.69. The molecule has 20 heavy (non-hydrogen) atoms. The summed E-state index contributed by atoms with van der Waals surface area (Å²) in [4.78, 5) is 4.14. The van der Waals surface area contributed by atoms with Crippen LogP contribution in [0.3, 0.4) is 0 Å². The summed E-state index contributed by atoms with van der Waals surface area (Å²) in [7, 11) is 0. The largest absolute Gasteiger partial charge is 0.508 e. The molecule has 0 spiro atoms. The molecule has 100 valence electrons. The van der Waals surface area contributed by atoms with Crippen LogP contribution in [0.25, 0.3) is 11.1 Å². The molecule has 1 heterocycles. The second-order valence-electron chi connectivity index (χ2n) is 5.02. The lowest BCUT2D eigenvalue weighted by atomic mass is 9.86. The highest BCUT2D eigenvalue weighted by molar-refractivity contribution is 6.00. The number of nitrogens with zero attached hydrogens (tertiary/aromatic N) is 1. The van der Waals surface area contributed by atoms with Gasteiger partial charge in [0.25, 0.3) is 0 Å². The summed E-state index contributed by atoms with van der Waals surface area (Å²) in [6.45, 7) is 0.615. The third-order valence-electron chi connectivity index (χ3n) is 3.70. The van der Waals surface area contributed by atoms with Crippen molar-refractivity contribution in [3.05, 3.63) is 41.5 Å². The van der Waals surface area contributed by atoms with E-state index in [1.807, 2.05) is 18.2 Å². The van der Waals surface area contributed by atoms with Gasteiger partial charge < -0.3 is 20.8 Å². The topological polar surface area (TPSA) is 76.9 Å². The number of benzene rings is 2. The van der Waals surface area contributed by atoms with Crippen LogP contribution in [0, 0.1) is 0 Å². The van der Waals surface area contributed by atoms with Crippen LogP contribution in [0.15, 0.2) is 35.3 Å². The first kappa shape index (κ1) is 11.2. The summed E-state index contributed by atoms with van der Waals surface area (Å²) in [5, 5.41) is 25.5. The summed E-state index contributed by atoms with van der Waals surface area (Å²) in [5.41, 5.74) is 4.73. The lowest BCUT2D eigenvalue weighted by Crippen LogP contribution is -2.39. The summed E-state index contributed by atoms with van der Waals surface area (Å²) in [6.07, 6.45) is 0.838. The molecule has 0 unspecified atom stereocenters. The molecule has 2 aromatic carbocycles. The third kappa shape index (κ3) is 1.60. The number of phenols is 2. The fourth-order valence-corrected chi connectivity index (χ4v) is 2.54.